The van der Waals surface area contributed by atoms with Gasteiger partial charge in [-0.15, -0.1) is 0 Å². The van der Waals surface area contributed by atoms with E-state index in [1.165, 1.54) is 7.11 Å². The minimum atomic E-state index is -0.413. The van der Waals surface area contributed by atoms with Gasteiger partial charge in [0.1, 0.15) is 5.82 Å². The highest BCUT2D eigenvalue weighted by Crippen LogP contribution is 2.13. The van der Waals surface area contributed by atoms with E-state index in [0.29, 0.717) is 5.69 Å². The largest absolute Gasteiger partial charge is 0.464 e. The Labute approximate surface area is 97.0 Å². The average molecular weight is 224 g/mol. The number of ether oxygens (including phenoxy) is 1. The third-order valence-electron chi connectivity index (χ3n) is 1.99. The zero-order valence-electron chi connectivity index (χ0n) is 10.6. The molecule has 16 heavy (non-hydrogen) atoms. The van der Waals surface area contributed by atoms with Crippen LogP contribution in [0.1, 0.15) is 36.8 Å². The fourth-order valence-corrected chi connectivity index (χ4v) is 1.21. The number of methoxy groups -OCH3 is 1. The fraction of sp³-hybridized carbons (Fsp3) is 0.500. The van der Waals surface area contributed by atoms with Crippen molar-refractivity contribution in [1.29, 1.82) is 0 Å². The Balaban J connectivity index is 0.00000106. The van der Waals surface area contributed by atoms with E-state index in [9.17, 15) is 4.79 Å². The first-order chi connectivity index (χ1) is 7.72. The number of esters is 1. The van der Waals surface area contributed by atoms with Crippen LogP contribution in [0.15, 0.2) is 12.1 Å². The number of aryl methyl sites for hydroxylation is 1. The monoisotopic (exact) mass is 224 g/mol. The standard InChI is InChI=1S/C10H14N2O2.C2H6/c1-4-7-5-6-8(10(13)14-3)12-9(7)11-2;1-2/h5-6H,4H2,1-3H3,(H,11,12);1-2H3. The van der Waals surface area contributed by atoms with Crippen LogP contribution < -0.4 is 5.32 Å². The van der Waals surface area contributed by atoms with Crippen LogP contribution >= 0.6 is 0 Å². The van der Waals surface area contributed by atoms with Gasteiger partial charge < -0.3 is 10.1 Å². The van der Waals surface area contributed by atoms with Gasteiger partial charge in [-0.1, -0.05) is 26.8 Å². The van der Waals surface area contributed by atoms with E-state index >= 15 is 0 Å². The molecule has 1 N–H and O–H groups in total. The summed E-state index contributed by atoms with van der Waals surface area (Å²) in [5.74, 6) is 0.319. The summed E-state index contributed by atoms with van der Waals surface area (Å²) >= 11 is 0. The first kappa shape index (κ1) is 14.4. The SMILES string of the molecule is CC.CCc1ccc(C(=O)OC)nc1NC. The number of carbonyl (C=O) groups excluding carboxylic acids is 1. The number of hydrogen-bond donors (Lipinski definition) is 1. The molecule has 0 amide bonds. The lowest BCUT2D eigenvalue weighted by molar-refractivity contribution is 0.0594. The summed E-state index contributed by atoms with van der Waals surface area (Å²) in [6.45, 7) is 6.04. The van der Waals surface area contributed by atoms with E-state index in [-0.39, 0.29) is 0 Å². The molecule has 0 aliphatic carbocycles. The lowest BCUT2D eigenvalue weighted by Gasteiger charge is -2.07. The molecule has 0 fully saturated rings. The van der Waals surface area contributed by atoms with Gasteiger partial charge in [-0.2, -0.15) is 0 Å². The number of carbonyl (C=O) groups is 1. The Morgan fingerprint density at radius 2 is 2.06 bits per heavy atom. The van der Waals surface area contributed by atoms with Crippen LogP contribution in [0, 0.1) is 0 Å². The van der Waals surface area contributed by atoms with Crippen molar-refractivity contribution in [2.45, 2.75) is 27.2 Å². The number of nitrogens with zero attached hydrogens (tertiary/aromatic N) is 1. The molecule has 0 atom stereocenters. The molecule has 1 aromatic heterocycles. The molecule has 1 rings (SSSR count). The van der Waals surface area contributed by atoms with Gasteiger partial charge in [0.05, 0.1) is 7.11 Å². The molecule has 1 aromatic rings. The maximum Gasteiger partial charge on any atom is 0.356 e. The second-order valence-electron chi connectivity index (χ2n) is 2.80. The van der Waals surface area contributed by atoms with Crippen LogP contribution in [-0.2, 0) is 11.2 Å². The Kier molecular flexibility index (Phi) is 6.92. The van der Waals surface area contributed by atoms with Gasteiger partial charge in [0.15, 0.2) is 5.69 Å². The summed E-state index contributed by atoms with van der Waals surface area (Å²) < 4.78 is 4.58. The smallest absolute Gasteiger partial charge is 0.356 e. The third kappa shape index (κ3) is 3.53. The van der Waals surface area contributed by atoms with Crippen LogP contribution in [-0.4, -0.2) is 25.1 Å². The molecule has 0 aliphatic heterocycles. The van der Waals surface area contributed by atoms with Crippen LogP contribution in [0.25, 0.3) is 0 Å². The Morgan fingerprint density at radius 1 is 1.44 bits per heavy atom. The molecule has 0 bridgehead atoms. The maximum absolute atomic E-state index is 11.2. The van der Waals surface area contributed by atoms with Crippen molar-refractivity contribution in [3.63, 3.8) is 0 Å². The number of pyridine rings is 1. The predicted octanol–water partition coefficient (Wildman–Crippen LogP) is 2.50. The maximum atomic E-state index is 11.2. The average Bonchev–Trinajstić information content (AvgIpc) is 2.39. The summed E-state index contributed by atoms with van der Waals surface area (Å²) in [7, 11) is 3.12. The zero-order chi connectivity index (χ0) is 12.6. The van der Waals surface area contributed by atoms with Crippen molar-refractivity contribution >= 4 is 11.8 Å². The Morgan fingerprint density at radius 3 is 2.50 bits per heavy atom. The van der Waals surface area contributed by atoms with E-state index < -0.39 is 5.97 Å². The molecule has 0 unspecified atom stereocenters. The first-order valence-electron chi connectivity index (χ1n) is 5.49. The fourth-order valence-electron chi connectivity index (χ4n) is 1.21. The molecule has 0 aromatic carbocycles. The topological polar surface area (TPSA) is 51.2 Å². The van der Waals surface area contributed by atoms with Crippen molar-refractivity contribution < 1.29 is 9.53 Å². The van der Waals surface area contributed by atoms with E-state index in [4.69, 9.17) is 0 Å². The van der Waals surface area contributed by atoms with Crippen molar-refractivity contribution in [2.75, 3.05) is 19.5 Å². The minimum Gasteiger partial charge on any atom is -0.464 e. The second-order valence-corrected chi connectivity index (χ2v) is 2.80. The Hall–Kier alpha value is -1.58. The number of hydrogen-bond acceptors (Lipinski definition) is 4. The van der Waals surface area contributed by atoms with Crippen molar-refractivity contribution in [3.05, 3.63) is 23.4 Å². The van der Waals surface area contributed by atoms with Crippen LogP contribution in [0.5, 0.6) is 0 Å². The minimum absolute atomic E-state index is 0.328. The second kappa shape index (κ2) is 7.68. The van der Waals surface area contributed by atoms with E-state index in [0.717, 1.165) is 17.8 Å². The number of nitrogens with one attached hydrogen (secondary N) is 1. The number of anilines is 1. The highest BCUT2D eigenvalue weighted by atomic mass is 16.5. The van der Waals surface area contributed by atoms with Gasteiger partial charge in [0, 0.05) is 7.05 Å². The van der Waals surface area contributed by atoms with Crippen LogP contribution in [0.3, 0.4) is 0 Å². The lowest BCUT2D eigenvalue weighted by atomic mass is 10.2. The van der Waals surface area contributed by atoms with Gasteiger partial charge in [0.2, 0.25) is 0 Å². The molecule has 0 saturated carbocycles. The van der Waals surface area contributed by atoms with Gasteiger partial charge in [0.25, 0.3) is 0 Å². The molecule has 0 aliphatic rings. The molecule has 0 radical (unpaired) electrons. The van der Waals surface area contributed by atoms with Gasteiger partial charge >= 0.3 is 5.97 Å². The molecular weight excluding hydrogens is 204 g/mol. The summed E-state index contributed by atoms with van der Waals surface area (Å²) in [5, 5.41) is 2.95. The number of rotatable bonds is 3. The molecule has 1 heterocycles. The zero-order valence-corrected chi connectivity index (χ0v) is 10.6. The molecular formula is C12H20N2O2. The van der Waals surface area contributed by atoms with Crippen molar-refractivity contribution in [2.24, 2.45) is 0 Å². The summed E-state index contributed by atoms with van der Waals surface area (Å²) in [5.41, 5.74) is 1.41. The normalized spacial score (nSPS) is 8.81. The van der Waals surface area contributed by atoms with Crippen LogP contribution in [0.4, 0.5) is 5.82 Å². The van der Waals surface area contributed by atoms with Gasteiger partial charge in [-0.3, -0.25) is 0 Å². The highest BCUT2D eigenvalue weighted by molar-refractivity contribution is 5.87. The quantitative estimate of drug-likeness (QED) is 0.801. The summed E-state index contributed by atoms with van der Waals surface area (Å²) in [4.78, 5) is 15.3. The Bertz CT molecular complexity index is 338. The van der Waals surface area contributed by atoms with E-state index in [1.54, 1.807) is 13.1 Å². The molecule has 4 nitrogen and oxygen atoms in total. The third-order valence-corrected chi connectivity index (χ3v) is 1.99. The van der Waals surface area contributed by atoms with Gasteiger partial charge in [-0.05, 0) is 18.1 Å². The van der Waals surface area contributed by atoms with Gasteiger partial charge in [-0.25, -0.2) is 9.78 Å². The molecule has 0 saturated heterocycles. The predicted molar refractivity (Wildman–Crippen MR) is 65.8 cm³/mol. The van der Waals surface area contributed by atoms with E-state index in [1.807, 2.05) is 26.8 Å². The van der Waals surface area contributed by atoms with E-state index in [2.05, 4.69) is 15.0 Å². The summed E-state index contributed by atoms with van der Waals surface area (Å²) in [6.07, 6.45) is 0.880. The molecule has 90 valence electrons. The van der Waals surface area contributed by atoms with Crippen LogP contribution in [0.2, 0.25) is 0 Å². The molecule has 0 spiro atoms. The molecule has 4 heteroatoms. The summed E-state index contributed by atoms with van der Waals surface area (Å²) in [6, 6.07) is 3.55. The van der Waals surface area contributed by atoms with Crippen molar-refractivity contribution in [1.82, 2.24) is 4.98 Å². The first-order valence-corrected chi connectivity index (χ1v) is 5.49. The lowest BCUT2D eigenvalue weighted by Crippen LogP contribution is -2.07. The number of aromatic nitrogens is 1. The highest BCUT2D eigenvalue weighted by Gasteiger charge is 2.09. The van der Waals surface area contributed by atoms with Crippen molar-refractivity contribution in [3.8, 4) is 0 Å².